The Kier molecular flexibility index (Phi) is 5.07. The number of hydrogen-bond donors (Lipinski definition) is 1. The summed E-state index contributed by atoms with van der Waals surface area (Å²) in [6.07, 6.45) is 0. The molecule has 0 unspecified atom stereocenters. The summed E-state index contributed by atoms with van der Waals surface area (Å²) in [5.74, 6) is 0. The van der Waals surface area contributed by atoms with E-state index in [4.69, 9.17) is 4.74 Å². The second-order valence-corrected chi connectivity index (χ2v) is 7.71. The van der Waals surface area contributed by atoms with Gasteiger partial charge in [-0.1, -0.05) is 24.3 Å². The van der Waals surface area contributed by atoms with E-state index in [1.807, 2.05) is 0 Å². The van der Waals surface area contributed by atoms with Crippen LogP contribution in [-0.4, -0.2) is 35.7 Å². The summed E-state index contributed by atoms with van der Waals surface area (Å²) in [5.41, 5.74) is 3.01. The molecule has 2 rings (SSSR count). The van der Waals surface area contributed by atoms with Gasteiger partial charge in [-0.15, -0.1) is 0 Å². The molecule has 0 aliphatic carbocycles. The minimum atomic E-state index is 0.130. The Labute approximate surface area is 129 Å². The van der Waals surface area contributed by atoms with Crippen LogP contribution in [0.4, 0.5) is 0 Å². The van der Waals surface area contributed by atoms with E-state index >= 15 is 0 Å². The minimum Gasteiger partial charge on any atom is -0.378 e. The van der Waals surface area contributed by atoms with Gasteiger partial charge in [0, 0.05) is 30.7 Å². The standard InChI is InChI=1S/C18H30N2O/c1-17(2,3)19-12-15-6-8-16(9-7-15)13-20-10-11-21-14-18(20,4)5/h6-9,19H,10-14H2,1-5H3. The van der Waals surface area contributed by atoms with Gasteiger partial charge in [0.2, 0.25) is 0 Å². The number of hydrogen-bond acceptors (Lipinski definition) is 3. The van der Waals surface area contributed by atoms with E-state index in [2.05, 4.69) is 69.1 Å². The lowest BCUT2D eigenvalue weighted by molar-refractivity contribution is -0.0552. The molecule has 1 aliphatic rings. The first-order valence-corrected chi connectivity index (χ1v) is 7.92. The molecular formula is C18H30N2O. The average molecular weight is 290 g/mol. The van der Waals surface area contributed by atoms with Crippen molar-refractivity contribution in [1.29, 1.82) is 0 Å². The molecule has 0 radical (unpaired) electrons. The number of rotatable bonds is 4. The molecule has 21 heavy (non-hydrogen) atoms. The van der Waals surface area contributed by atoms with Gasteiger partial charge in [0.25, 0.3) is 0 Å². The molecular weight excluding hydrogens is 260 g/mol. The zero-order valence-electron chi connectivity index (χ0n) is 14.2. The largest absolute Gasteiger partial charge is 0.378 e. The Morgan fingerprint density at radius 3 is 2.33 bits per heavy atom. The fourth-order valence-electron chi connectivity index (χ4n) is 2.53. The van der Waals surface area contributed by atoms with Gasteiger partial charge in [-0.25, -0.2) is 0 Å². The van der Waals surface area contributed by atoms with Crippen LogP contribution in [0.2, 0.25) is 0 Å². The highest BCUT2D eigenvalue weighted by atomic mass is 16.5. The van der Waals surface area contributed by atoms with Crippen LogP contribution in [0.15, 0.2) is 24.3 Å². The molecule has 0 aromatic heterocycles. The van der Waals surface area contributed by atoms with Gasteiger partial charge >= 0.3 is 0 Å². The maximum atomic E-state index is 5.59. The fourth-order valence-corrected chi connectivity index (χ4v) is 2.53. The first-order chi connectivity index (χ1) is 9.76. The zero-order valence-corrected chi connectivity index (χ0v) is 14.2. The van der Waals surface area contributed by atoms with Crippen LogP contribution < -0.4 is 5.32 Å². The molecule has 1 N–H and O–H groups in total. The number of nitrogens with one attached hydrogen (secondary N) is 1. The molecule has 1 aliphatic heterocycles. The summed E-state index contributed by atoms with van der Waals surface area (Å²) in [5, 5.41) is 3.53. The first-order valence-electron chi connectivity index (χ1n) is 7.92. The molecule has 118 valence electrons. The van der Waals surface area contributed by atoms with Crippen molar-refractivity contribution in [3.63, 3.8) is 0 Å². The van der Waals surface area contributed by atoms with Crippen LogP contribution in [0.3, 0.4) is 0 Å². The molecule has 3 heteroatoms. The normalized spacial score (nSPS) is 19.7. The lowest BCUT2D eigenvalue weighted by Crippen LogP contribution is -2.52. The number of benzene rings is 1. The first kappa shape index (κ1) is 16.5. The van der Waals surface area contributed by atoms with Crippen LogP contribution in [0.25, 0.3) is 0 Å². The molecule has 3 nitrogen and oxygen atoms in total. The highest BCUT2D eigenvalue weighted by Gasteiger charge is 2.30. The van der Waals surface area contributed by atoms with Crippen LogP contribution in [0, 0.1) is 0 Å². The summed E-state index contributed by atoms with van der Waals surface area (Å²) in [6.45, 7) is 15.7. The average Bonchev–Trinajstić information content (AvgIpc) is 2.39. The van der Waals surface area contributed by atoms with Crippen molar-refractivity contribution in [2.45, 2.75) is 58.8 Å². The quantitative estimate of drug-likeness (QED) is 0.921. The third-order valence-corrected chi connectivity index (χ3v) is 4.04. The number of nitrogens with zero attached hydrogens (tertiary/aromatic N) is 1. The Morgan fingerprint density at radius 1 is 1.14 bits per heavy atom. The monoisotopic (exact) mass is 290 g/mol. The van der Waals surface area contributed by atoms with Gasteiger partial charge in [0.1, 0.15) is 0 Å². The van der Waals surface area contributed by atoms with Crippen LogP contribution in [0.5, 0.6) is 0 Å². The lowest BCUT2D eigenvalue weighted by atomic mass is 10.0. The van der Waals surface area contributed by atoms with E-state index in [1.54, 1.807) is 0 Å². The SMILES string of the molecule is CC(C)(C)NCc1ccc(CN2CCOCC2(C)C)cc1. The van der Waals surface area contributed by atoms with Crippen molar-refractivity contribution < 1.29 is 4.74 Å². The molecule has 0 saturated carbocycles. The molecule has 1 heterocycles. The van der Waals surface area contributed by atoms with E-state index in [-0.39, 0.29) is 11.1 Å². The molecule has 1 fully saturated rings. The lowest BCUT2D eigenvalue weighted by Gasteiger charge is -2.42. The van der Waals surface area contributed by atoms with Crippen molar-refractivity contribution in [3.8, 4) is 0 Å². The topological polar surface area (TPSA) is 24.5 Å². The van der Waals surface area contributed by atoms with Gasteiger partial charge < -0.3 is 10.1 Å². The molecule has 0 amide bonds. The highest BCUT2D eigenvalue weighted by molar-refractivity contribution is 5.23. The van der Waals surface area contributed by atoms with E-state index < -0.39 is 0 Å². The van der Waals surface area contributed by atoms with Gasteiger partial charge in [0.05, 0.1) is 13.2 Å². The third-order valence-electron chi connectivity index (χ3n) is 4.04. The second kappa shape index (κ2) is 6.47. The second-order valence-electron chi connectivity index (χ2n) is 7.71. The molecule has 0 spiro atoms. The van der Waals surface area contributed by atoms with Crippen molar-refractivity contribution in [2.24, 2.45) is 0 Å². The van der Waals surface area contributed by atoms with Crippen molar-refractivity contribution in [2.75, 3.05) is 19.8 Å². The van der Waals surface area contributed by atoms with Crippen LogP contribution >= 0.6 is 0 Å². The van der Waals surface area contributed by atoms with Crippen LogP contribution in [0.1, 0.15) is 45.7 Å². The smallest absolute Gasteiger partial charge is 0.0645 e. The summed E-state index contributed by atoms with van der Waals surface area (Å²) in [6, 6.07) is 8.99. The molecule has 1 aromatic rings. The summed E-state index contributed by atoms with van der Waals surface area (Å²) < 4.78 is 5.59. The number of ether oxygens (including phenoxy) is 1. The Bertz CT molecular complexity index is 445. The van der Waals surface area contributed by atoms with Gasteiger partial charge in [-0.2, -0.15) is 0 Å². The Balaban J connectivity index is 1.93. The molecule has 0 bridgehead atoms. The molecule has 1 saturated heterocycles. The van der Waals surface area contributed by atoms with Crippen molar-refractivity contribution >= 4 is 0 Å². The van der Waals surface area contributed by atoms with Gasteiger partial charge in [-0.3, -0.25) is 4.90 Å². The summed E-state index contributed by atoms with van der Waals surface area (Å²) >= 11 is 0. The maximum Gasteiger partial charge on any atom is 0.0645 e. The van der Waals surface area contributed by atoms with E-state index in [1.165, 1.54) is 11.1 Å². The predicted molar refractivity (Wildman–Crippen MR) is 88.3 cm³/mol. The van der Waals surface area contributed by atoms with Gasteiger partial charge in [-0.05, 0) is 45.7 Å². The molecule has 1 aromatic carbocycles. The summed E-state index contributed by atoms with van der Waals surface area (Å²) in [4.78, 5) is 2.51. The number of morpholine rings is 1. The summed E-state index contributed by atoms with van der Waals surface area (Å²) in [7, 11) is 0. The van der Waals surface area contributed by atoms with E-state index in [9.17, 15) is 0 Å². The van der Waals surface area contributed by atoms with E-state index in [0.29, 0.717) is 0 Å². The third kappa shape index (κ3) is 5.10. The van der Waals surface area contributed by atoms with Crippen LogP contribution in [-0.2, 0) is 17.8 Å². The maximum absolute atomic E-state index is 5.59. The van der Waals surface area contributed by atoms with Crippen molar-refractivity contribution in [3.05, 3.63) is 35.4 Å². The fraction of sp³-hybridized carbons (Fsp3) is 0.667. The van der Waals surface area contributed by atoms with Gasteiger partial charge in [0.15, 0.2) is 0 Å². The Hall–Kier alpha value is -0.900. The van der Waals surface area contributed by atoms with Crippen molar-refractivity contribution in [1.82, 2.24) is 10.2 Å². The zero-order chi connectivity index (χ0) is 15.5. The van der Waals surface area contributed by atoms with E-state index in [0.717, 1.165) is 32.8 Å². The molecule has 0 atom stereocenters. The highest BCUT2D eigenvalue weighted by Crippen LogP contribution is 2.21. The predicted octanol–water partition coefficient (Wildman–Crippen LogP) is 3.19. The Morgan fingerprint density at radius 2 is 1.76 bits per heavy atom. The minimum absolute atomic E-state index is 0.130.